The fourth-order valence-corrected chi connectivity index (χ4v) is 3.48. The van der Waals surface area contributed by atoms with E-state index in [1.54, 1.807) is 0 Å². The molecule has 0 amide bonds. The molecule has 0 aliphatic carbocycles. The molecular weight excluding hydrogens is 393 g/mol. The van der Waals surface area contributed by atoms with Gasteiger partial charge < -0.3 is 9.47 Å². The van der Waals surface area contributed by atoms with E-state index in [-0.39, 0.29) is 11.4 Å². The van der Waals surface area contributed by atoms with E-state index < -0.39 is 12.0 Å². The Labute approximate surface area is 166 Å². The first-order valence-electron chi connectivity index (χ1n) is 9.09. The summed E-state index contributed by atoms with van der Waals surface area (Å²) < 4.78 is 52.7. The molecule has 0 radical (unpaired) electrons. The molecule has 10 heteroatoms. The number of hydrogen-bond acceptors (Lipinski definition) is 5. The first-order valence-corrected chi connectivity index (χ1v) is 9.50. The number of rotatable bonds is 6. The fraction of sp³-hybridized carbons (Fsp3) is 0.556. The van der Waals surface area contributed by atoms with Crippen LogP contribution in [0.4, 0.5) is 13.2 Å². The van der Waals surface area contributed by atoms with Gasteiger partial charge in [0, 0.05) is 20.1 Å². The molecule has 0 bridgehead atoms. The van der Waals surface area contributed by atoms with Crippen molar-refractivity contribution in [3.8, 4) is 11.5 Å². The van der Waals surface area contributed by atoms with Crippen molar-refractivity contribution < 1.29 is 22.6 Å². The largest absolute Gasteiger partial charge is 0.490 e. The molecule has 0 saturated carbocycles. The number of alkyl halides is 3. The smallest absolute Gasteiger partial charge is 0.451 e. The lowest BCUT2D eigenvalue weighted by Crippen LogP contribution is -2.33. The van der Waals surface area contributed by atoms with Crippen molar-refractivity contribution in [2.24, 2.45) is 7.05 Å². The average molecular weight is 416 g/mol. The maximum Gasteiger partial charge on any atom is 0.451 e. The molecule has 1 aromatic heterocycles. The summed E-state index contributed by atoms with van der Waals surface area (Å²) in [4.78, 5) is 2.02. The molecule has 0 fully saturated rings. The van der Waals surface area contributed by atoms with E-state index in [2.05, 4.69) is 5.10 Å². The number of benzene rings is 1. The van der Waals surface area contributed by atoms with Crippen molar-refractivity contribution in [3.05, 3.63) is 33.9 Å². The Morgan fingerprint density at radius 3 is 2.25 bits per heavy atom. The Morgan fingerprint density at radius 1 is 1.11 bits per heavy atom. The summed E-state index contributed by atoms with van der Waals surface area (Å²) in [6.07, 6.45) is -3.78. The summed E-state index contributed by atoms with van der Waals surface area (Å²) in [6, 6.07) is 3.95. The molecule has 0 N–H and O–H groups in total. The second kappa shape index (κ2) is 8.12. The SMILES string of the molecule is CCOc1cc2c(cc1OCC)CN(Cn1nc(C(F)(F)F)n(C)c1=S)CC2. The average Bonchev–Trinajstić information content (AvgIpc) is 2.91. The third kappa shape index (κ3) is 4.17. The highest BCUT2D eigenvalue weighted by Crippen LogP contribution is 2.34. The van der Waals surface area contributed by atoms with E-state index in [1.807, 2.05) is 30.9 Å². The molecule has 3 rings (SSSR count). The highest BCUT2D eigenvalue weighted by molar-refractivity contribution is 7.71. The van der Waals surface area contributed by atoms with Gasteiger partial charge in [0.15, 0.2) is 16.3 Å². The number of aromatic nitrogens is 3. The summed E-state index contributed by atoms with van der Waals surface area (Å²) in [5.41, 5.74) is 2.22. The highest BCUT2D eigenvalue weighted by atomic mass is 32.1. The second-order valence-corrected chi connectivity index (χ2v) is 6.91. The molecule has 0 spiro atoms. The first-order chi connectivity index (χ1) is 13.2. The molecule has 1 aliphatic heterocycles. The van der Waals surface area contributed by atoms with Crippen molar-refractivity contribution in [2.45, 2.75) is 39.7 Å². The van der Waals surface area contributed by atoms with Crippen LogP contribution in [0.25, 0.3) is 0 Å². The van der Waals surface area contributed by atoms with Crippen molar-refractivity contribution in [2.75, 3.05) is 19.8 Å². The van der Waals surface area contributed by atoms with Crippen LogP contribution in [0.1, 0.15) is 30.8 Å². The van der Waals surface area contributed by atoms with Crippen LogP contribution in [0.15, 0.2) is 12.1 Å². The van der Waals surface area contributed by atoms with Crippen molar-refractivity contribution >= 4 is 12.2 Å². The molecule has 154 valence electrons. The molecule has 0 unspecified atom stereocenters. The quantitative estimate of drug-likeness (QED) is 0.671. The van der Waals surface area contributed by atoms with Gasteiger partial charge >= 0.3 is 6.18 Å². The van der Waals surface area contributed by atoms with Crippen LogP contribution >= 0.6 is 12.2 Å². The van der Waals surface area contributed by atoms with Gasteiger partial charge in [0.25, 0.3) is 0 Å². The zero-order valence-corrected chi connectivity index (χ0v) is 16.9. The predicted octanol–water partition coefficient (Wildman–Crippen LogP) is 3.78. The normalized spacial score (nSPS) is 14.8. The maximum absolute atomic E-state index is 13.1. The van der Waals surface area contributed by atoms with Gasteiger partial charge in [-0.15, -0.1) is 5.10 Å². The highest BCUT2D eigenvalue weighted by Gasteiger charge is 2.37. The van der Waals surface area contributed by atoms with Crippen LogP contribution in [0.2, 0.25) is 0 Å². The lowest BCUT2D eigenvalue weighted by molar-refractivity contribution is -0.147. The van der Waals surface area contributed by atoms with E-state index in [1.165, 1.54) is 11.7 Å². The summed E-state index contributed by atoms with van der Waals surface area (Å²) >= 11 is 5.13. The Morgan fingerprint density at radius 2 is 1.71 bits per heavy atom. The molecule has 2 heterocycles. The Balaban J connectivity index is 1.82. The molecule has 1 aliphatic rings. The minimum absolute atomic E-state index is 0.0415. The number of hydrogen-bond donors (Lipinski definition) is 0. The third-order valence-corrected chi connectivity index (χ3v) is 5.07. The van der Waals surface area contributed by atoms with E-state index in [0.29, 0.717) is 32.1 Å². The molecule has 0 saturated heterocycles. The van der Waals surface area contributed by atoms with Crippen LogP contribution in [-0.2, 0) is 32.9 Å². The standard InChI is InChI=1S/C18H23F3N4O2S/c1-4-26-14-8-12-6-7-24(10-13(12)9-15(14)27-5-2)11-25-17(28)23(3)16(22-25)18(19,20)21/h8-9H,4-7,10-11H2,1-3H3. The van der Waals surface area contributed by atoms with Crippen LogP contribution in [-0.4, -0.2) is 39.0 Å². The van der Waals surface area contributed by atoms with Crippen molar-refractivity contribution in [1.82, 2.24) is 19.2 Å². The number of nitrogens with zero attached hydrogens (tertiary/aromatic N) is 4. The molecular formula is C18H23F3N4O2S. The lowest BCUT2D eigenvalue weighted by Gasteiger charge is -2.29. The van der Waals surface area contributed by atoms with Crippen LogP contribution in [0, 0.1) is 4.77 Å². The Hall–Kier alpha value is -2.07. The van der Waals surface area contributed by atoms with Gasteiger partial charge in [0.1, 0.15) is 0 Å². The number of halogens is 3. The predicted molar refractivity (Wildman–Crippen MR) is 99.9 cm³/mol. The zero-order valence-electron chi connectivity index (χ0n) is 16.0. The van der Waals surface area contributed by atoms with Gasteiger partial charge in [-0.05, 0) is 55.7 Å². The number of fused-ring (bicyclic) bond motifs is 1. The fourth-order valence-electron chi connectivity index (χ4n) is 3.30. The minimum atomic E-state index is -4.54. The summed E-state index contributed by atoms with van der Waals surface area (Å²) in [5.74, 6) is 0.409. The van der Waals surface area contributed by atoms with E-state index in [9.17, 15) is 13.2 Å². The van der Waals surface area contributed by atoms with E-state index in [4.69, 9.17) is 21.7 Å². The van der Waals surface area contributed by atoms with E-state index in [0.717, 1.165) is 27.9 Å². The van der Waals surface area contributed by atoms with Crippen LogP contribution in [0.3, 0.4) is 0 Å². The summed E-state index contributed by atoms with van der Waals surface area (Å²) in [7, 11) is 1.28. The van der Waals surface area contributed by atoms with Crippen LogP contribution < -0.4 is 9.47 Å². The molecule has 0 atom stereocenters. The van der Waals surface area contributed by atoms with Gasteiger partial charge in [0.2, 0.25) is 5.82 Å². The molecule has 2 aromatic rings. The lowest BCUT2D eigenvalue weighted by atomic mass is 9.99. The van der Waals surface area contributed by atoms with Gasteiger partial charge in [-0.3, -0.25) is 9.47 Å². The molecule has 1 aromatic carbocycles. The van der Waals surface area contributed by atoms with Gasteiger partial charge in [-0.2, -0.15) is 13.2 Å². The number of ether oxygens (including phenoxy) is 2. The van der Waals surface area contributed by atoms with Crippen LogP contribution in [0.5, 0.6) is 11.5 Å². The Kier molecular flexibility index (Phi) is 5.99. The van der Waals surface area contributed by atoms with Gasteiger partial charge in [0.05, 0.1) is 19.9 Å². The molecule has 28 heavy (non-hydrogen) atoms. The zero-order chi connectivity index (χ0) is 20.5. The van der Waals surface area contributed by atoms with E-state index >= 15 is 0 Å². The maximum atomic E-state index is 13.1. The second-order valence-electron chi connectivity index (χ2n) is 6.54. The first kappa shape index (κ1) is 20.7. The molecule has 6 nitrogen and oxygen atoms in total. The monoisotopic (exact) mass is 416 g/mol. The minimum Gasteiger partial charge on any atom is -0.490 e. The topological polar surface area (TPSA) is 44.5 Å². The Bertz CT molecular complexity index is 907. The van der Waals surface area contributed by atoms with Gasteiger partial charge in [-0.1, -0.05) is 0 Å². The summed E-state index contributed by atoms with van der Waals surface area (Å²) in [6.45, 7) is 6.34. The summed E-state index contributed by atoms with van der Waals surface area (Å²) in [5, 5.41) is 3.68. The van der Waals surface area contributed by atoms with Gasteiger partial charge in [-0.25, -0.2) is 4.68 Å². The van der Waals surface area contributed by atoms with Crippen molar-refractivity contribution in [1.29, 1.82) is 0 Å². The third-order valence-electron chi connectivity index (χ3n) is 4.59. The van der Waals surface area contributed by atoms with Crippen molar-refractivity contribution in [3.63, 3.8) is 0 Å².